The van der Waals surface area contributed by atoms with Gasteiger partial charge in [0, 0.05) is 43.9 Å². The van der Waals surface area contributed by atoms with Crippen LogP contribution in [-0.2, 0) is 0 Å². The fraction of sp³-hybridized carbons (Fsp3) is 0. The van der Waals surface area contributed by atoms with Gasteiger partial charge in [-0.25, -0.2) is 0 Å². The summed E-state index contributed by atoms with van der Waals surface area (Å²) in [5, 5.41) is 7.56. The molecule has 0 spiro atoms. The van der Waals surface area contributed by atoms with E-state index in [9.17, 15) is 0 Å². The highest BCUT2D eigenvalue weighted by molar-refractivity contribution is 6.18. The quantitative estimate of drug-likeness (QED) is 0.266. The summed E-state index contributed by atoms with van der Waals surface area (Å²) in [4.78, 5) is 3.72. The maximum Gasteiger partial charge on any atom is 0.0620 e. The molecule has 36 heavy (non-hydrogen) atoms. The third kappa shape index (κ3) is 2.67. The largest absolute Gasteiger partial charge is 0.354 e. The fourth-order valence-corrected chi connectivity index (χ4v) is 5.92. The third-order valence-corrected chi connectivity index (χ3v) is 7.52. The van der Waals surface area contributed by atoms with Gasteiger partial charge in [0.05, 0.1) is 16.6 Å². The van der Waals surface area contributed by atoms with Gasteiger partial charge < -0.3 is 9.55 Å². The number of nitrogens with one attached hydrogen (secondary N) is 1. The van der Waals surface area contributed by atoms with Crippen LogP contribution in [0.1, 0.15) is 0 Å². The van der Waals surface area contributed by atoms with Crippen molar-refractivity contribution >= 4 is 54.4 Å². The first kappa shape index (κ1) is 19.5. The molecule has 0 saturated heterocycles. The Bertz CT molecular complexity index is 2110. The average Bonchev–Trinajstić information content (AvgIpc) is 3.49. The van der Waals surface area contributed by atoms with Crippen LogP contribution in [0.5, 0.6) is 0 Å². The van der Waals surface area contributed by atoms with Crippen molar-refractivity contribution in [2.24, 2.45) is 0 Å². The molecule has 0 bridgehead atoms. The van der Waals surface area contributed by atoms with Crippen molar-refractivity contribution in [3.63, 3.8) is 0 Å². The molecule has 0 aliphatic rings. The number of nitrogens with zero attached hydrogens (tertiary/aromatic N) is 1. The molecule has 0 fully saturated rings. The van der Waals surface area contributed by atoms with Gasteiger partial charge in [-0.15, -0.1) is 0 Å². The minimum atomic E-state index is 1.17. The number of benzene rings is 6. The lowest BCUT2D eigenvalue weighted by Crippen LogP contribution is -1.96. The summed E-state index contributed by atoms with van der Waals surface area (Å²) < 4.78 is 2.44. The molecule has 2 aromatic heterocycles. The number of hydrogen-bond donors (Lipinski definition) is 1. The van der Waals surface area contributed by atoms with Gasteiger partial charge in [-0.1, -0.05) is 103 Å². The number of rotatable bonds is 2. The van der Waals surface area contributed by atoms with E-state index in [2.05, 4.69) is 137 Å². The van der Waals surface area contributed by atoms with E-state index in [1.807, 2.05) is 0 Å². The number of aromatic amines is 1. The van der Waals surface area contributed by atoms with Crippen LogP contribution in [0.25, 0.3) is 71.2 Å². The molecule has 0 atom stereocenters. The van der Waals surface area contributed by atoms with Crippen molar-refractivity contribution in [2.45, 2.75) is 0 Å². The second-order valence-corrected chi connectivity index (χ2v) is 9.48. The number of H-pyrrole nitrogens is 1. The predicted octanol–water partition coefficient (Wildman–Crippen LogP) is 9.24. The molecule has 2 nitrogen and oxygen atoms in total. The maximum absolute atomic E-state index is 3.72. The van der Waals surface area contributed by atoms with Gasteiger partial charge in [0.1, 0.15) is 0 Å². The predicted molar refractivity (Wildman–Crippen MR) is 153 cm³/mol. The summed E-state index contributed by atoms with van der Waals surface area (Å²) in [6.45, 7) is 0. The van der Waals surface area contributed by atoms with Crippen LogP contribution in [0.15, 0.2) is 127 Å². The summed E-state index contributed by atoms with van der Waals surface area (Å²) in [7, 11) is 0. The second-order valence-electron chi connectivity index (χ2n) is 9.48. The van der Waals surface area contributed by atoms with E-state index in [0.29, 0.717) is 0 Å². The summed E-state index contributed by atoms with van der Waals surface area (Å²) in [5.41, 5.74) is 8.44. The van der Waals surface area contributed by atoms with Crippen molar-refractivity contribution in [1.29, 1.82) is 0 Å². The molecule has 2 heterocycles. The van der Waals surface area contributed by atoms with Crippen LogP contribution in [0.4, 0.5) is 0 Å². The van der Waals surface area contributed by atoms with E-state index in [1.165, 1.54) is 71.2 Å². The fourth-order valence-electron chi connectivity index (χ4n) is 5.92. The first-order valence-corrected chi connectivity index (χ1v) is 12.4. The molecule has 8 aromatic rings. The van der Waals surface area contributed by atoms with E-state index < -0.39 is 0 Å². The van der Waals surface area contributed by atoms with Crippen molar-refractivity contribution in [2.75, 3.05) is 0 Å². The molecular formula is C34H22N2. The standard InChI is InChI=1S/C34H22N2/c1-2-10-23-21-24(20-19-22(23)9-1)36-32-18-6-4-12-26(32)29-15-8-16-30(34(29)36)28-14-7-13-27-25-11-3-5-17-31(25)35-33(27)28/h1-21,35H. The normalized spacial score (nSPS) is 11.9. The Kier molecular flexibility index (Phi) is 3.97. The summed E-state index contributed by atoms with van der Waals surface area (Å²) in [6, 6.07) is 46.0. The molecule has 0 saturated carbocycles. The van der Waals surface area contributed by atoms with E-state index >= 15 is 0 Å². The lowest BCUT2D eigenvalue weighted by Gasteiger charge is -2.13. The molecule has 0 aliphatic carbocycles. The molecule has 2 heteroatoms. The topological polar surface area (TPSA) is 20.7 Å². The Hall–Kier alpha value is -4.82. The van der Waals surface area contributed by atoms with Gasteiger partial charge in [0.25, 0.3) is 0 Å². The van der Waals surface area contributed by atoms with Gasteiger partial charge in [0.15, 0.2) is 0 Å². The number of fused-ring (bicyclic) bond motifs is 7. The Morgan fingerprint density at radius 2 is 1.17 bits per heavy atom. The van der Waals surface area contributed by atoms with Gasteiger partial charge in [-0.05, 0) is 35.0 Å². The van der Waals surface area contributed by atoms with Crippen LogP contribution < -0.4 is 0 Å². The minimum absolute atomic E-state index is 1.17. The highest BCUT2D eigenvalue weighted by Gasteiger charge is 2.18. The Morgan fingerprint density at radius 1 is 0.472 bits per heavy atom. The van der Waals surface area contributed by atoms with Gasteiger partial charge in [-0.3, -0.25) is 0 Å². The first-order chi connectivity index (χ1) is 17.9. The zero-order valence-electron chi connectivity index (χ0n) is 19.6. The first-order valence-electron chi connectivity index (χ1n) is 12.4. The molecular weight excluding hydrogens is 436 g/mol. The molecule has 168 valence electrons. The Balaban J connectivity index is 1.52. The summed E-state index contributed by atoms with van der Waals surface area (Å²) in [6.07, 6.45) is 0. The van der Waals surface area contributed by atoms with Crippen molar-refractivity contribution < 1.29 is 0 Å². The molecule has 6 aromatic carbocycles. The Labute approximate surface area is 208 Å². The summed E-state index contributed by atoms with van der Waals surface area (Å²) >= 11 is 0. The zero-order chi connectivity index (χ0) is 23.6. The van der Waals surface area contributed by atoms with E-state index in [-0.39, 0.29) is 0 Å². The number of aromatic nitrogens is 2. The lowest BCUT2D eigenvalue weighted by atomic mass is 9.99. The SMILES string of the molecule is c1ccc2cc(-n3c4ccccc4c4cccc(-c5cccc6c5[nH]c5ccccc56)c43)ccc2c1. The van der Waals surface area contributed by atoms with Crippen LogP contribution in [0.3, 0.4) is 0 Å². The monoisotopic (exact) mass is 458 g/mol. The molecule has 0 aliphatic heterocycles. The van der Waals surface area contributed by atoms with Crippen molar-refractivity contribution in [3.8, 4) is 16.8 Å². The third-order valence-electron chi connectivity index (χ3n) is 7.52. The smallest absolute Gasteiger partial charge is 0.0620 e. The van der Waals surface area contributed by atoms with Crippen LogP contribution >= 0.6 is 0 Å². The molecule has 0 amide bonds. The number of hydrogen-bond acceptors (Lipinski definition) is 0. The summed E-state index contributed by atoms with van der Waals surface area (Å²) in [5.74, 6) is 0. The number of para-hydroxylation sites is 4. The highest BCUT2D eigenvalue weighted by atomic mass is 15.0. The zero-order valence-corrected chi connectivity index (χ0v) is 19.6. The molecule has 0 radical (unpaired) electrons. The van der Waals surface area contributed by atoms with Crippen molar-refractivity contribution in [1.82, 2.24) is 9.55 Å². The molecule has 8 rings (SSSR count). The van der Waals surface area contributed by atoms with Crippen LogP contribution in [0, 0.1) is 0 Å². The minimum Gasteiger partial charge on any atom is -0.354 e. The van der Waals surface area contributed by atoms with Gasteiger partial charge in [-0.2, -0.15) is 0 Å². The van der Waals surface area contributed by atoms with E-state index in [1.54, 1.807) is 0 Å². The van der Waals surface area contributed by atoms with E-state index in [4.69, 9.17) is 0 Å². The maximum atomic E-state index is 3.72. The highest BCUT2D eigenvalue weighted by Crippen LogP contribution is 2.41. The Morgan fingerprint density at radius 3 is 2.08 bits per heavy atom. The second kappa shape index (κ2) is 7.34. The van der Waals surface area contributed by atoms with Crippen LogP contribution in [0.2, 0.25) is 0 Å². The molecule has 0 unspecified atom stereocenters. The average molecular weight is 459 g/mol. The lowest BCUT2D eigenvalue weighted by molar-refractivity contribution is 1.19. The molecule has 1 N–H and O–H groups in total. The van der Waals surface area contributed by atoms with Gasteiger partial charge in [0.2, 0.25) is 0 Å². The van der Waals surface area contributed by atoms with Crippen LogP contribution in [-0.4, -0.2) is 9.55 Å². The van der Waals surface area contributed by atoms with Crippen molar-refractivity contribution in [3.05, 3.63) is 127 Å². The van der Waals surface area contributed by atoms with E-state index in [0.717, 1.165) is 0 Å². The van der Waals surface area contributed by atoms with Gasteiger partial charge >= 0.3 is 0 Å².